The van der Waals surface area contributed by atoms with Crippen LogP contribution in [-0.2, 0) is 13.1 Å². The molecule has 5 aromatic rings. The van der Waals surface area contributed by atoms with Gasteiger partial charge in [0, 0.05) is 23.6 Å². The van der Waals surface area contributed by atoms with E-state index in [4.69, 9.17) is 28.9 Å². The van der Waals surface area contributed by atoms with Gasteiger partial charge in [-0.15, -0.1) is 0 Å². The van der Waals surface area contributed by atoms with E-state index in [0.717, 1.165) is 66.8 Å². The molecule has 0 bridgehead atoms. The standard InChI is InChI=1S/C32H24N2O4/c1-2-6-24-23(5-1)27(17-33-15-21-9-11-29-31(13-21)37-19-35-29)25-7-3-4-8-26(25)28(24)18-34-16-22-10-12-30-32(14-22)38-20-36-30/h1-14,17-18H,15-16,19-20H2. The maximum absolute atomic E-state index is 5.51. The Morgan fingerprint density at radius 3 is 1.32 bits per heavy atom. The lowest BCUT2D eigenvalue weighted by atomic mass is 9.92. The molecule has 0 saturated carbocycles. The highest BCUT2D eigenvalue weighted by Crippen LogP contribution is 2.35. The van der Waals surface area contributed by atoms with Gasteiger partial charge < -0.3 is 18.9 Å². The van der Waals surface area contributed by atoms with Crippen molar-refractivity contribution in [2.45, 2.75) is 13.1 Å². The molecule has 2 aliphatic heterocycles. The summed E-state index contributed by atoms with van der Waals surface area (Å²) < 4.78 is 21.9. The zero-order valence-corrected chi connectivity index (χ0v) is 20.6. The van der Waals surface area contributed by atoms with Crippen LogP contribution in [0.4, 0.5) is 0 Å². The minimum Gasteiger partial charge on any atom is -0.454 e. The minimum absolute atomic E-state index is 0.270. The van der Waals surface area contributed by atoms with Crippen molar-refractivity contribution in [3.8, 4) is 23.0 Å². The summed E-state index contributed by atoms with van der Waals surface area (Å²) in [6.45, 7) is 1.65. The van der Waals surface area contributed by atoms with Gasteiger partial charge in [-0.25, -0.2) is 0 Å². The molecule has 0 aliphatic carbocycles. The van der Waals surface area contributed by atoms with Gasteiger partial charge in [0.05, 0.1) is 13.1 Å². The first kappa shape index (κ1) is 22.4. The molecule has 0 radical (unpaired) electrons. The molecule has 6 nitrogen and oxygen atoms in total. The molecule has 0 N–H and O–H groups in total. The molecule has 0 saturated heterocycles. The quantitative estimate of drug-likeness (QED) is 0.193. The van der Waals surface area contributed by atoms with E-state index in [0.29, 0.717) is 13.1 Å². The fourth-order valence-electron chi connectivity index (χ4n) is 5.04. The van der Waals surface area contributed by atoms with Crippen molar-refractivity contribution in [1.29, 1.82) is 0 Å². The topological polar surface area (TPSA) is 61.6 Å². The van der Waals surface area contributed by atoms with E-state index in [2.05, 4.69) is 48.5 Å². The molecule has 0 atom stereocenters. The van der Waals surface area contributed by atoms with Crippen molar-refractivity contribution in [1.82, 2.24) is 0 Å². The number of nitrogens with zero attached hydrogens (tertiary/aromatic N) is 2. The summed E-state index contributed by atoms with van der Waals surface area (Å²) in [5.41, 5.74) is 4.35. The minimum atomic E-state index is 0.270. The van der Waals surface area contributed by atoms with Gasteiger partial charge in [-0.2, -0.15) is 0 Å². The second-order valence-electron chi connectivity index (χ2n) is 9.23. The fraction of sp³-hybridized carbons (Fsp3) is 0.125. The Balaban J connectivity index is 1.23. The third-order valence-corrected chi connectivity index (χ3v) is 6.88. The van der Waals surface area contributed by atoms with Gasteiger partial charge in [-0.1, -0.05) is 60.7 Å². The van der Waals surface area contributed by atoms with E-state index in [1.165, 1.54) is 0 Å². The number of benzene rings is 5. The number of rotatable bonds is 6. The van der Waals surface area contributed by atoms with E-state index in [1.54, 1.807) is 0 Å². The van der Waals surface area contributed by atoms with Gasteiger partial charge in [-0.05, 0) is 56.9 Å². The van der Waals surface area contributed by atoms with Gasteiger partial charge in [-0.3, -0.25) is 9.98 Å². The van der Waals surface area contributed by atoms with Gasteiger partial charge in [0.2, 0.25) is 13.6 Å². The first-order chi connectivity index (χ1) is 18.8. The summed E-state index contributed by atoms with van der Waals surface area (Å²) >= 11 is 0. The van der Waals surface area contributed by atoms with E-state index >= 15 is 0 Å². The molecule has 186 valence electrons. The number of hydrogen-bond acceptors (Lipinski definition) is 6. The van der Waals surface area contributed by atoms with Crippen LogP contribution in [0.1, 0.15) is 22.3 Å². The van der Waals surface area contributed by atoms with E-state index in [1.807, 2.05) is 48.8 Å². The summed E-state index contributed by atoms with van der Waals surface area (Å²) in [7, 11) is 0. The van der Waals surface area contributed by atoms with E-state index < -0.39 is 0 Å². The molecule has 0 fully saturated rings. The fourth-order valence-corrected chi connectivity index (χ4v) is 5.04. The predicted molar refractivity (Wildman–Crippen MR) is 149 cm³/mol. The van der Waals surface area contributed by atoms with Gasteiger partial charge in [0.1, 0.15) is 0 Å². The monoisotopic (exact) mass is 500 g/mol. The van der Waals surface area contributed by atoms with Crippen molar-refractivity contribution < 1.29 is 18.9 Å². The Morgan fingerprint density at radius 1 is 0.500 bits per heavy atom. The molecular formula is C32H24N2O4. The molecular weight excluding hydrogens is 476 g/mol. The highest BCUT2D eigenvalue weighted by atomic mass is 16.7. The van der Waals surface area contributed by atoms with Crippen LogP contribution < -0.4 is 18.9 Å². The second kappa shape index (κ2) is 9.56. The lowest BCUT2D eigenvalue weighted by Gasteiger charge is -2.12. The van der Waals surface area contributed by atoms with Crippen molar-refractivity contribution in [2.75, 3.05) is 13.6 Å². The van der Waals surface area contributed by atoms with Gasteiger partial charge >= 0.3 is 0 Å². The third kappa shape index (κ3) is 4.10. The number of hydrogen-bond donors (Lipinski definition) is 0. The molecule has 2 aliphatic rings. The summed E-state index contributed by atoms with van der Waals surface area (Å²) in [5, 5.41) is 4.57. The van der Waals surface area contributed by atoms with Crippen molar-refractivity contribution in [2.24, 2.45) is 9.98 Å². The number of aliphatic imine (C=N–C) groups is 2. The normalized spacial score (nSPS) is 13.9. The average Bonchev–Trinajstić information content (AvgIpc) is 3.63. The van der Waals surface area contributed by atoms with Crippen molar-refractivity contribution in [3.63, 3.8) is 0 Å². The highest BCUT2D eigenvalue weighted by molar-refractivity contribution is 6.21. The van der Waals surface area contributed by atoms with Crippen molar-refractivity contribution in [3.05, 3.63) is 107 Å². The molecule has 0 spiro atoms. The Labute approximate surface area is 219 Å². The number of fused-ring (bicyclic) bond motifs is 4. The first-order valence-electron chi connectivity index (χ1n) is 12.5. The zero-order chi connectivity index (χ0) is 25.3. The maximum atomic E-state index is 5.51. The molecule has 0 amide bonds. The zero-order valence-electron chi connectivity index (χ0n) is 20.6. The van der Waals surface area contributed by atoms with Crippen LogP contribution in [0.25, 0.3) is 21.5 Å². The molecule has 7 rings (SSSR count). The lowest BCUT2D eigenvalue weighted by molar-refractivity contribution is 0.173. The predicted octanol–water partition coefficient (Wildman–Crippen LogP) is 6.69. The van der Waals surface area contributed by atoms with Crippen LogP contribution in [0.15, 0.2) is 94.9 Å². The van der Waals surface area contributed by atoms with E-state index in [-0.39, 0.29) is 13.6 Å². The summed E-state index contributed by atoms with van der Waals surface area (Å²) in [6, 6.07) is 28.8. The number of ether oxygens (including phenoxy) is 4. The summed E-state index contributed by atoms with van der Waals surface area (Å²) in [4.78, 5) is 9.64. The molecule has 38 heavy (non-hydrogen) atoms. The Kier molecular flexibility index (Phi) is 5.62. The SMILES string of the molecule is C(=NCc1ccc2c(c1)OCO2)c1c2ccccc2c(C=NCc2ccc3c(c2)OCO3)c2ccccc12. The molecule has 5 aromatic carbocycles. The van der Waals surface area contributed by atoms with Crippen LogP contribution in [0, 0.1) is 0 Å². The Hall–Kier alpha value is -4.84. The molecule has 6 heteroatoms. The first-order valence-corrected chi connectivity index (χ1v) is 12.5. The highest BCUT2D eigenvalue weighted by Gasteiger charge is 2.15. The Morgan fingerprint density at radius 2 is 0.895 bits per heavy atom. The van der Waals surface area contributed by atoms with Crippen molar-refractivity contribution >= 4 is 34.0 Å². The van der Waals surface area contributed by atoms with Crippen LogP contribution in [0.5, 0.6) is 23.0 Å². The maximum Gasteiger partial charge on any atom is 0.231 e. The largest absolute Gasteiger partial charge is 0.454 e. The third-order valence-electron chi connectivity index (χ3n) is 6.88. The average molecular weight is 501 g/mol. The van der Waals surface area contributed by atoms with Crippen LogP contribution in [0.2, 0.25) is 0 Å². The van der Waals surface area contributed by atoms with Gasteiger partial charge in [0.15, 0.2) is 23.0 Å². The van der Waals surface area contributed by atoms with Crippen LogP contribution >= 0.6 is 0 Å². The van der Waals surface area contributed by atoms with Crippen LogP contribution in [0.3, 0.4) is 0 Å². The summed E-state index contributed by atoms with van der Waals surface area (Å²) in [6.07, 6.45) is 3.98. The smallest absolute Gasteiger partial charge is 0.231 e. The Bertz CT molecular complexity index is 1560. The van der Waals surface area contributed by atoms with Gasteiger partial charge in [0.25, 0.3) is 0 Å². The lowest BCUT2D eigenvalue weighted by Crippen LogP contribution is -1.96. The molecule has 0 unspecified atom stereocenters. The van der Waals surface area contributed by atoms with E-state index in [9.17, 15) is 0 Å². The molecule has 0 aromatic heterocycles. The van der Waals surface area contributed by atoms with Crippen LogP contribution in [-0.4, -0.2) is 26.0 Å². The molecule has 2 heterocycles. The summed E-state index contributed by atoms with van der Waals surface area (Å²) in [5.74, 6) is 3.12. The second-order valence-corrected chi connectivity index (χ2v) is 9.23.